The number of nitrogens with zero attached hydrogens (tertiary/aromatic N) is 2. The zero-order chi connectivity index (χ0) is 19.8. The molecule has 0 aromatic heterocycles. The number of carbonyl (C=O) groups excluding carboxylic acids is 2. The quantitative estimate of drug-likeness (QED) is 0.762. The first-order valence-corrected chi connectivity index (χ1v) is 10.9. The van der Waals surface area contributed by atoms with E-state index in [9.17, 15) is 31.2 Å². The average molecular weight is 409 g/mol. The molecule has 2 aliphatic heterocycles. The van der Waals surface area contributed by atoms with Gasteiger partial charge in [-0.3, -0.25) is 9.59 Å². The van der Waals surface area contributed by atoms with Crippen LogP contribution in [-0.2, 0) is 19.4 Å². The molecule has 3 aliphatic rings. The third-order valence-corrected chi connectivity index (χ3v) is 7.13. The van der Waals surface area contributed by atoms with Gasteiger partial charge in [0.1, 0.15) is 5.71 Å². The summed E-state index contributed by atoms with van der Waals surface area (Å²) in [6, 6.07) is -1.63. The van der Waals surface area contributed by atoms with Gasteiger partial charge in [-0.1, -0.05) is 12.8 Å². The number of rotatable bonds is 3. The minimum atomic E-state index is -4.38. The van der Waals surface area contributed by atoms with Gasteiger partial charge in [0.25, 0.3) is 5.91 Å². The van der Waals surface area contributed by atoms with Crippen LogP contribution in [0, 0.1) is 5.92 Å². The highest BCUT2D eigenvalue weighted by Gasteiger charge is 2.46. The minimum Gasteiger partial charge on any atom is -0.348 e. The van der Waals surface area contributed by atoms with Crippen LogP contribution in [0.3, 0.4) is 0 Å². The van der Waals surface area contributed by atoms with Crippen LogP contribution in [0.25, 0.3) is 0 Å². The first kappa shape index (κ1) is 20.1. The van der Waals surface area contributed by atoms with Gasteiger partial charge in [0.05, 0.1) is 23.5 Å². The molecule has 2 heterocycles. The lowest BCUT2D eigenvalue weighted by Crippen LogP contribution is -2.51. The largest absolute Gasteiger partial charge is 0.393 e. The Morgan fingerprint density at radius 3 is 2.48 bits per heavy atom. The van der Waals surface area contributed by atoms with Crippen molar-refractivity contribution in [2.24, 2.45) is 11.0 Å². The van der Waals surface area contributed by atoms with Gasteiger partial charge in [-0.25, -0.2) is 13.4 Å². The van der Waals surface area contributed by atoms with E-state index in [-0.39, 0.29) is 55.2 Å². The van der Waals surface area contributed by atoms with Crippen molar-refractivity contribution in [3.8, 4) is 0 Å². The molecular weight excluding hydrogens is 387 g/mol. The highest BCUT2D eigenvalue weighted by atomic mass is 32.2. The summed E-state index contributed by atoms with van der Waals surface area (Å²) in [6.45, 7) is 0. The van der Waals surface area contributed by atoms with Crippen LogP contribution in [0.4, 0.5) is 13.2 Å². The highest BCUT2D eigenvalue weighted by molar-refractivity contribution is 7.91. The Kier molecular flexibility index (Phi) is 5.51. The van der Waals surface area contributed by atoms with Gasteiger partial charge in [-0.15, -0.1) is 0 Å². The van der Waals surface area contributed by atoms with Crippen molar-refractivity contribution >= 4 is 27.4 Å². The van der Waals surface area contributed by atoms with Crippen molar-refractivity contribution < 1.29 is 31.2 Å². The maximum absolute atomic E-state index is 13.2. The molecule has 7 nitrogen and oxygen atoms in total. The van der Waals surface area contributed by atoms with Gasteiger partial charge in [0.2, 0.25) is 5.91 Å². The molecule has 11 heteroatoms. The monoisotopic (exact) mass is 409 g/mol. The van der Waals surface area contributed by atoms with Crippen LogP contribution in [-0.4, -0.2) is 60.7 Å². The fourth-order valence-electron chi connectivity index (χ4n) is 3.94. The Labute approximate surface area is 155 Å². The van der Waals surface area contributed by atoms with E-state index in [1.807, 2.05) is 0 Å². The molecule has 1 N–H and O–H groups in total. The summed E-state index contributed by atoms with van der Waals surface area (Å²) >= 11 is 0. The Balaban J connectivity index is 1.72. The molecule has 1 saturated carbocycles. The lowest BCUT2D eigenvalue weighted by atomic mass is 9.84. The van der Waals surface area contributed by atoms with E-state index in [0.29, 0.717) is 12.8 Å². The zero-order valence-electron chi connectivity index (χ0n) is 14.7. The van der Waals surface area contributed by atoms with Crippen molar-refractivity contribution in [3.05, 3.63) is 0 Å². The summed E-state index contributed by atoms with van der Waals surface area (Å²) in [5, 5.41) is 7.48. The lowest BCUT2D eigenvalue weighted by Gasteiger charge is -2.34. The fraction of sp³-hybridized carbons (Fsp3) is 0.812. The zero-order valence-corrected chi connectivity index (χ0v) is 15.5. The minimum absolute atomic E-state index is 0.0177. The van der Waals surface area contributed by atoms with Crippen LogP contribution in [0.15, 0.2) is 5.10 Å². The van der Waals surface area contributed by atoms with Crippen molar-refractivity contribution in [2.45, 2.75) is 63.2 Å². The molecule has 1 aliphatic carbocycles. The number of amides is 2. The van der Waals surface area contributed by atoms with Gasteiger partial charge in [0, 0.05) is 18.9 Å². The number of alkyl halides is 3. The molecule has 2 fully saturated rings. The first-order chi connectivity index (χ1) is 12.6. The SMILES string of the molecule is O=C(NC1CCCCC1C(F)(F)F)C1=NN(C2CCS(=O)(=O)C2)C(=O)CC1. The smallest absolute Gasteiger partial charge is 0.348 e. The highest BCUT2D eigenvalue weighted by Crippen LogP contribution is 2.37. The predicted octanol–water partition coefficient (Wildman–Crippen LogP) is 1.39. The van der Waals surface area contributed by atoms with Crippen LogP contribution in [0.1, 0.15) is 44.9 Å². The van der Waals surface area contributed by atoms with Crippen LogP contribution >= 0.6 is 0 Å². The molecule has 2 amide bonds. The third kappa shape index (κ3) is 4.61. The van der Waals surface area contributed by atoms with E-state index >= 15 is 0 Å². The molecule has 27 heavy (non-hydrogen) atoms. The molecule has 3 rings (SSSR count). The number of nitrogens with one attached hydrogen (secondary N) is 1. The van der Waals surface area contributed by atoms with Crippen molar-refractivity contribution in [1.82, 2.24) is 10.3 Å². The topological polar surface area (TPSA) is 95.9 Å². The van der Waals surface area contributed by atoms with E-state index in [2.05, 4.69) is 10.4 Å². The van der Waals surface area contributed by atoms with Crippen LogP contribution in [0.5, 0.6) is 0 Å². The standard InChI is InChI=1S/C16H22F3N3O4S/c17-16(18,19)11-3-1-2-4-12(11)20-15(24)13-5-6-14(23)22(21-13)10-7-8-27(25,26)9-10/h10-12H,1-9H2,(H,20,24). The van der Waals surface area contributed by atoms with E-state index in [1.165, 1.54) is 0 Å². The summed E-state index contributed by atoms with van der Waals surface area (Å²) in [4.78, 5) is 24.5. The fourth-order valence-corrected chi connectivity index (χ4v) is 5.63. The molecule has 0 aromatic rings. The summed E-state index contributed by atoms with van der Waals surface area (Å²) in [5.41, 5.74) is -0.0228. The Bertz CT molecular complexity index is 750. The van der Waals surface area contributed by atoms with Crippen molar-refractivity contribution in [1.29, 1.82) is 0 Å². The predicted molar refractivity (Wildman–Crippen MR) is 90.5 cm³/mol. The summed E-state index contributed by atoms with van der Waals surface area (Å²) in [6.07, 6.45) is -2.83. The summed E-state index contributed by atoms with van der Waals surface area (Å²) < 4.78 is 62.8. The Morgan fingerprint density at radius 1 is 1.15 bits per heavy atom. The number of sulfone groups is 1. The van der Waals surface area contributed by atoms with Crippen molar-refractivity contribution in [3.63, 3.8) is 0 Å². The maximum atomic E-state index is 13.2. The summed E-state index contributed by atoms with van der Waals surface area (Å²) in [5.74, 6) is -2.94. The Hall–Kier alpha value is -1.65. The lowest BCUT2D eigenvalue weighted by molar-refractivity contribution is -0.188. The Morgan fingerprint density at radius 2 is 1.85 bits per heavy atom. The second kappa shape index (κ2) is 7.40. The molecule has 3 atom stereocenters. The molecule has 0 radical (unpaired) electrons. The molecule has 3 unspecified atom stereocenters. The van der Waals surface area contributed by atoms with Crippen LogP contribution in [0.2, 0.25) is 0 Å². The second-order valence-electron chi connectivity index (χ2n) is 7.35. The molecule has 0 spiro atoms. The summed E-state index contributed by atoms with van der Waals surface area (Å²) in [7, 11) is -3.24. The number of halogens is 3. The number of hydrogen-bond donors (Lipinski definition) is 1. The normalized spacial score (nSPS) is 31.5. The van der Waals surface area contributed by atoms with E-state index in [4.69, 9.17) is 0 Å². The number of carbonyl (C=O) groups is 2. The molecule has 0 aromatic carbocycles. The molecular formula is C16H22F3N3O4S. The third-order valence-electron chi connectivity index (χ3n) is 5.38. The molecule has 1 saturated heterocycles. The van der Waals surface area contributed by atoms with E-state index in [0.717, 1.165) is 5.01 Å². The van der Waals surface area contributed by atoms with Gasteiger partial charge in [0.15, 0.2) is 9.84 Å². The number of hydrazone groups is 1. The van der Waals surface area contributed by atoms with E-state index < -0.39 is 39.9 Å². The molecule has 0 bridgehead atoms. The van der Waals surface area contributed by atoms with Gasteiger partial charge in [-0.05, 0) is 19.3 Å². The van der Waals surface area contributed by atoms with Gasteiger partial charge < -0.3 is 5.32 Å². The maximum Gasteiger partial charge on any atom is 0.393 e. The average Bonchev–Trinajstić information content (AvgIpc) is 2.94. The van der Waals surface area contributed by atoms with Gasteiger partial charge in [-0.2, -0.15) is 18.3 Å². The van der Waals surface area contributed by atoms with Gasteiger partial charge >= 0.3 is 6.18 Å². The van der Waals surface area contributed by atoms with Crippen LogP contribution < -0.4 is 5.32 Å². The van der Waals surface area contributed by atoms with Crippen molar-refractivity contribution in [2.75, 3.05) is 11.5 Å². The molecule has 152 valence electrons. The van der Waals surface area contributed by atoms with E-state index in [1.54, 1.807) is 0 Å². The second-order valence-corrected chi connectivity index (χ2v) is 9.58. The first-order valence-electron chi connectivity index (χ1n) is 9.04. The number of hydrogen-bond acceptors (Lipinski definition) is 5.